The van der Waals surface area contributed by atoms with Crippen LogP contribution in [0.4, 0.5) is 13.2 Å². The molecule has 0 unspecified atom stereocenters. The van der Waals surface area contributed by atoms with Crippen molar-refractivity contribution < 1.29 is 22.6 Å². The Hall–Kier alpha value is -1.43. The average molecular weight is 261 g/mol. The maximum Gasteiger partial charge on any atom is 0.390 e. The van der Waals surface area contributed by atoms with Crippen molar-refractivity contribution >= 4 is 0 Å². The van der Waals surface area contributed by atoms with Crippen molar-refractivity contribution in [3.63, 3.8) is 0 Å². The third-order valence-corrected chi connectivity index (χ3v) is 2.55. The minimum Gasteiger partial charge on any atom is -0.486 e. The first-order valence-corrected chi connectivity index (χ1v) is 5.71. The van der Waals surface area contributed by atoms with Crippen LogP contribution in [0.15, 0.2) is 18.2 Å². The summed E-state index contributed by atoms with van der Waals surface area (Å²) in [6, 6.07) is 5.40. The molecule has 0 saturated heterocycles. The highest BCUT2D eigenvalue weighted by atomic mass is 19.4. The highest BCUT2D eigenvalue weighted by molar-refractivity contribution is 5.47. The Balaban J connectivity index is 1.90. The fourth-order valence-corrected chi connectivity index (χ4v) is 1.73. The summed E-state index contributed by atoms with van der Waals surface area (Å²) in [5, 5.41) is 2.75. The summed E-state index contributed by atoms with van der Waals surface area (Å²) in [7, 11) is 0. The van der Waals surface area contributed by atoms with E-state index in [0.717, 1.165) is 5.56 Å². The first-order chi connectivity index (χ1) is 8.56. The summed E-state index contributed by atoms with van der Waals surface area (Å²) in [6.07, 6.45) is -4.96. The summed E-state index contributed by atoms with van der Waals surface area (Å²) in [4.78, 5) is 0. The quantitative estimate of drug-likeness (QED) is 0.845. The Bertz CT molecular complexity index is 407. The maximum atomic E-state index is 12.0. The van der Waals surface area contributed by atoms with Crippen LogP contribution >= 0.6 is 0 Å². The molecule has 0 radical (unpaired) electrons. The largest absolute Gasteiger partial charge is 0.486 e. The number of fused-ring (bicyclic) bond motifs is 1. The van der Waals surface area contributed by atoms with E-state index in [9.17, 15) is 13.2 Å². The Morgan fingerprint density at radius 1 is 1.17 bits per heavy atom. The van der Waals surface area contributed by atoms with E-state index >= 15 is 0 Å². The zero-order valence-electron chi connectivity index (χ0n) is 9.72. The van der Waals surface area contributed by atoms with Gasteiger partial charge in [-0.3, -0.25) is 0 Å². The van der Waals surface area contributed by atoms with Crippen LogP contribution in [0.1, 0.15) is 12.0 Å². The molecule has 1 heterocycles. The number of para-hydroxylation sites is 1. The van der Waals surface area contributed by atoms with Crippen LogP contribution in [-0.2, 0) is 6.54 Å². The number of nitrogens with one attached hydrogen (secondary N) is 1. The monoisotopic (exact) mass is 261 g/mol. The van der Waals surface area contributed by atoms with E-state index in [1.807, 2.05) is 6.07 Å². The van der Waals surface area contributed by atoms with Gasteiger partial charge in [0.05, 0.1) is 6.42 Å². The van der Waals surface area contributed by atoms with Gasteiger partial charge >= 0.3 is 6.18 Å². The third kappa shape index (κ3) is 3.53. The molecule has 1 aromatic rings. The second-order valence-corrected chi connectivity index (χ2v) is 3.98. The molecule has 6 heteroatoms. The zero-order valence-corrected chi connectivity index (χ0v) is 9.72. The zero-order chi connectivity index (χ0) is 13.0. The van der Waals surface area contributed by atoms with Gasteiger partial charge in [-0.05, 0) is 6.07 Å². The molecule has 3 nitrogen and oxygen atoms in total. The molecule has 0 spiro atoms. The third-order valence-electron chi connectivity index (χ3n) is 2.55. The van der Waals surface area contributed by atoms with Crippen molar-refractivity contribution in [1.82, 2.24) is 5.32 Å². The Morgan fingerprint density at radius 3 is 2.72 bits per heavy atom. The summed E-state index contributed by atoms with van der Waals surface area (Å²) < 4.78 is 46.8. The van der Waals surface area contributed by atoms with E-state index in [1.165, 1.54) is 0 Å². The summed E-state index contributed by atoms with van der Waals surface area (Å²) in [5.41, 5.74) is 0.814. The van der Waals surface area contributed by atoms with Crippen LogP contribution in [0.3, 0.4) is 0 Å². The lowest BCUT2D eigenvalue weighted by atomic mass is 10.1. The lowest BCUT2D eigenvalue weighted by Crippen LogP contribution is -2.23. The number of alkyl halides is 3. The summed E-state index contributed by atoms with van der Waals surface area (Å²) in [5.74, 6) is 1.28. The first-order valence-electron chi connectivity index (χ1n) is 5.71. The van der Waals surface area contributed by atoms with Gasteiger partial charge in [-0.25, -0.2) is 0 Å². The van der Waals surface area contributed by atoms with E-state index in [2.05, 4.69) is 5.32 Å². The minimum absolute atomic E-state index is 0.103. The molecule has 18 heavy (non-hydrogen) atoms. The standard InChI is InChI=1S/C12H14F3NO2/c13-12(14,15)4-5-16-8-9-2-1-3-10-11(9)18-7-6-17-10/h1-3,16H,4-8H2. The smallest absolute Gasteiger partial charge is 0.390 e. The average Bonchev–Trinajstić information content (AvgIpc) is 2.33. The molecule has 0 bridgehead atoms. The van der Waals surface area contributed by atoms with Crippen LogP contribution in [0, 0.1) is 0 Å². The molecule has 0 amide bonds. The number of hydrogen-bond donors (Lipinski definition) is 1. The number of hydrogen-bond acceptors (Lipinski definition) is 3. The molecule has 100 valence electrons. The van der Waals surface area contributed by atoms with Crippen molar-refractivity contribution in [3.05, 3.63) is 23.8 Å². The first kappa shape index (κ1) is 13.0. The number of halogens is 3. The topological polar surface area (TPSA) is 30.5 Å². The fraction of sp³-hybridized carbons (Fsp3) is 0.500. The predicted molar refractivity (Wildman–Crippen MR) is 59.8 cm³/mol. The number of ether oxygens (including phenoxy) is 2. The van der Waals surface area contributed by atoms with Gasteiger partial charge in [-0.2, -0.15) is 13.2 Å². The van der Waals surface area contributed by atoms with Crippen molar-refractivity contribution in [2.24, 2.45) is 0 Å². The lowest BCUT2D eigenvalue weighted by molar-refractivity contribution is -0.133. The number of rotatable bonds is 4. The van der Waals surface area contributed by atoms with Crippen molar-refractivity contribution in [2.45, 2.75) is 19.1 Å². The van der Waals surface area contributed by atoms with E-state index < -0.39 is 12.6 Å². The predicted octanol–water partition coefficient (Wildman–Crippen LogP) is 2.50. The molecule has 0 aromatic heterocycles. The van der Waals surface area contributed by atoms with Gasteiger partial charge in [0.2, 0.25) is 0 Å². The highest BCUT2D eigenvalue weighted by Gasteiger charge is 2.26. The molecule has 1 aliphatic rings. The molecule has 0 saturated carbocycles. The van der Waals surface area contributed by atoms with Crippen LogP contribution in [0.5, 0.6) is 11.5 Å². The van der Waals surface area contributed by atoms with Crippen molar-refractivity contribution in [2.75, 3.05) is 19.8 Å². The van der Waals surface area contributed by atoms with Crippen LogP contribution in [-0.4, -0.2) is 25.9 Å². The Morgan fingerprint density at radius 2 is 1.94 bits per heavy atom. The minimum atomic E-state index is -4.12. The molecule has 2 rings (SSSR count). The molecule has 0 fully saturated rings. The van der Waals surface area contributed by atoms with E-state index in [1.54, 1.807) is 12.1 Å². The molecule has 0 aliphatic carbocycles. The van der Waals surface area contributed by atoms with Gasteiger partial charge in [0.15, 0.2) is 11.5 Å². The van der Waals surface area contributed by atoms with Crippen LogP contribution in [0.25, 0.3) is 0 Å². The molecule has 1 aromatic carbocycles. The molecule has 1 N–H and O–H groups in total. The van der Waals surface area contributed by atoms with E-state index in [4.69, 9.17) is 9.47 Å². The Kier molecular flexibility index (Phi) is 3.96. The summed E-state index contributed by atoms with van der Waals surface area (Å²) in [6.45, 7) is 1.20. The van der Waals surface area contributed by atoms with E-state index in [-0.39, 0.29) is 6.54 Å². The SMILES string of the molecule is FC(F)(F)CCNCc1cccc2c1OCCO2. The summed E-state index contributed by atoms with van der Waals surface area (Å²) >= 11 is 0. The molecular weight excluding hydrogens is 247 g/mol. The van der Waals surface area contributed by atoms with E-state index in [0.29, 0.717) is 31.3 Å². The van der Waals surface area contributed by atoms with Crippen molar-refractivity contribution in [3.8, 4) is 11.5 Å². The second-order valence-electron chi connectivity index (χ2n) is 3.98. The van der Waals surface area contributed by atoms with Gasteiger partial charge in [-0.15, -0.1) is 0 Å². The highest BCUT2D eigenvalue weighted by Crippen LogP contribution is 2.33. The van der Waals surface area contributed by atoms with Gasteiger partial charge < -0.3 is 14.8 Å². The van der Waals surface area contributed by atoms with Crippen LogP contribution < -0.4 is 14.8 Å². The van der Waals surface area contributed by atoms with Crippen molar-refractivity contribution in [1.29, 1.82) is 0 Å². The van der Waals surface area contributed by atoms with Gasteiger partial charge in [0.25, 0.3) is 0 Å². The van der Waals surface area contributed by atoms with Gasteiger partial charge in [0, 0.05) is 18.7 Å². The lowest BCUT2D eigenvalue weighted by Gasteiger charge is -2.21. The van der Waals surface area contributed by atoms with Crippen LogP contribution in [0.2, 0.25) is 0 Å². The Labute approximate surface area is 103 Å². The van der Waals surface area contributed by atoms with Gasteiger partial charge in [-0.1, -0.05) is 12.1 Å². The maximum absolute atomic E-state index is 12.0. The second kappa shape index (κ2) is 5.48. The molecular formula is C12H14F3NO2. The normalized spacial score (nSPS) is 14.6. The molecule has 0 atom stereocenters. The molecule has 1 aliphatic heterocycles. The number of benzene rings is 1. The van der Waals surface area contributed by atoms with Gasteiger partial charge in [0.1, 0.15) is 13.2 Å². The fourth-order valence-electron chi connectivity index (χ4n) is 1.73.